The van der Waals surface area contributed by atoms with E-state index in [4.69, 9.17) is 14.2 Å². The average Bonchev–Trinajstić information content (AvgIpc) is 3.01. The molecule has 1 amide bonds. The van der Waals surface area contributed by atoms with E-state index in [0.717, 1.165) is 21.5 Å². The molecule has 0 atom stereocenters. The number of nitrogens with one attached hydrogen (secondary N) is 1. The van der Waals surface area contributed by atoms with Gasteiger partial charge in [-0.05, 0) is 64.1 Å². The van der Waals surface area contributed by atoms with E-state index >= 15 is 0 Å². The molecule has 2 aromatic carbocycles. The van der Waals surface area contributed by atoms with E-state index in [1.165, 1.54) is 11.8 Å². The lowest BCUT2D eigenvalue weighted by Gasteiger charge is -2.10. The molecule has 1 aliphatic rings. The van der Waals surface area contributed by atoms with Crippen molar-refractivity contribution in [2.75, 3.05) is 21.3 Å². The van der Waals surface area contributed by atoms with Crippen molar-refractivity contribution in [3.8, 4) is 17.2 Å². The van der Waals surface area contributed by atoms with E-state index in [0.29, 0.717) is 21.6 Å². The Kier molecular flexibility index (Phi) is 6.08. The molecule has 0 spiro atoms. The highest BCUT2D eigenvalue weighted by Crippen LogP contribution is 2.36. The van der Waals surface area contributed by atoms with Crippen LogP contribution in [0.4, 0.5) is 5.69 Å². The van der Waals surface area contributed by atoms with Gasteiger partial charge in [0, 0.05) is 11.6 Å². The Morgan fingerprint density at radius 1 is 1.04 bits per heavy atom. The number of aliphatic imine (C=N–C) groups is 1. The minimum absolute atomic E-state index is 0.207. The molecule has 6 nitrogen and oxygen atoms in total. The van der Waals surface area contributed by atoms with Crippen molar-refractivity contribution in [1.82, 2.24) is 5.32 Å². The van der Waals surface area contributed by atoms with Crippen LogP contribution in [0.25, 0.3) is 6.08 Å². The Labute approximate surface area is 169 Å². The number of methoxy groups -OCH3 is 3. The number of carbonyl (C=O) groups is 1. The molecule has 2 aromatic rings. The van der Waals surface area contributed by atoms with Crippen LogP contribution in [0.15, 0.2) is 50.8 Å². The zero-order valence-corrected chi connectivity index (χ0v) is 17.3. The molecule has 1 fully saturated rings. The van der Waals surface area contributed by atoms with Crippen molar-refractivity contribution in [2.24, 2.45) is 4.99 Å². The maximum Gasteiger partial charge on any atom is 0.264 e. The van der Waals surface area contributed by atoms with Crippen molar-refractivity contribution in [3.05, 3.63) is 51.3 Å². The molecule has 0 radical (unpaired) electrons. The van der Waals surface area contributed by atoms with Gasteiger partial charge in [0.2, 0.25) is 0 Å². The molecule has 1 aliphatic heterocycles. The highest BCUT2D eigenvalue weighted by Gasteiger charge is 2.24. The van der Waals surface area contributed by atoms with Gasteiger partial charge in [0.05, 0.1) is 36.4 Å². The first-order chi connectivity index (χ1) is 13.0. The summed E-state index contributed by atoms with van der Waals surface area (Å²) in [4.78, 5) is 17.3. The number of nitrogens with zero attached hydrogens (tertiary/aromatic N) is 1. The van der Waals surface area contributed by atoms with E-state index in [2.05, 4.69) is 26.2 Å². The van der Waals surface area contributed by atoms with E-state index in [9.17, 15) is 4.79 Å². The molecule has 3 rings (SSSR count). The second-order valence-corrected chi connectivity index (χ2v) is 7.29. The Balaban J connectivity index is 1.87. The predicted molar refractivity (Wildman–Crippen MR) is 111 cm³/mol. The topological polar surface area (TPSA) is 69.2 Å². The molecular formula is C19H17BrN2O4S. The third-order valence-corrected chi connectivity index (χ3v) is 5.27. The first-order valence-electron chi connectivity index (χ1n) is 7.89. The van der Waals surface area contributed by atoms with Gasteiger partial charge >= 0.3 is 0 Å². The zero-order valence-electron chi connectivity index (χ0n) is 14.9. The maximum atomic E-state index is 12.3. The first-order valence-corrected chi connectivity index (χ1v) is 9.50. The summed E-state index contributed by atoms with van der Waals surface area (Å²) >= 11 is 4.72. The molecule has 140 valence electrons. The van der Waals surface area contributed by atoms with Crippen LogP contribution in [0, 0.1) is 0 Å². The fourth-order valence-electron chi connectivity index (χ4n) is 2.39. The summed E-state index contributed by atoms with van der Waals surface area (Å²) in [6.45, 7) is 0. The van der Waals surface area contributed by atoms with E-state index < -0.39 is 0 Å². The monoisotopic (exact) mass is 448 g/mol. The number of benzene rings is 2. The third kappa shape index (κ3) is 4.45. The van der Waals surface area contributed by atoms with Crippen LogP contribution in [-0.2, 0) is 4.79 Å². The Bertz CT molecular complexity index is 926. The quantitative estimate of drug-likeness (QED) is 0.687. The van der Waals surface area contributed by atoms with Crippen LogP contribution >= 0.6 is 27.7 Å². The fraction of sp³-hybridized carbons (Fsp3) is 0.158. The summed E-state index contributed by atoms with van der Waals surface area (Å²) in [6, 6.07) is 10.9. The number of ether oxygens (including phenoxy) is 3. The number of rotatable bonds is 5. The second-order valence-electron chi connectivity index (χ2n) is 5.41. The van der Waals surface area contributed by atoms with E-state index in [-0.39, 0.29) is 5.91 Å². The third-order valence-electron chi connectivity index (χ3n) is 3.74. The van der Waals surface area contributed by atoms with E-state index in [1.54, 1.807) is 33.5 Å². The van der Waals surface area contributed by atoms with Crippen LogP contribution in [-0.4, -0.2) is 32.4 Å². The molecule has 1 heterocycles. The highest BCUT2D eigenvalue weighted by atomic mass is 79.9. The molecule has 0 aliphatic carbocycles. The number of thioether (sulfide) groups is 1. The van der Waals surface area contributed by atoms with Gasteiger partial charge in [0.25, 0.3) is 5.91 Å². The first kappa shape index (κ1) is 19.3. The van der Waals surface area contributed by atoms with Gasteiger partial charge in [-0.2, -0.15) is 0 Å². The SMILES string of the molecule is COc1ccc(N=C2NC(=O)/C(=C\c3cc(Br)c(OC)cc3OC)S2)cc1. The van der Waals surface area contributed by atoms with Crippen LogP contribution in [0.2, 0.25) is 0 Å². The summed E-state index contributed by atoms with van der Waals surface area (Å²) in [7, 11) is 4.76. The summed E-state index contributed by atoms with van der Waals surface area (Å²) in [5.41, 5.74) is 1.48. The van der Waals surface area contributed by atoms with Crippen molar-refractivity contribution >= 4 is 50.5 Å². The Morgan fingerprint density at radius 2 is 1.74 bits per heavy atom. The van der Waals surface area contributed by atoms with Crippen LogP contribution in [0.1, 0.15) is 5.56 Å². The molecule has 1 N–H and O–H groups in total. The number of amides is 1. The van der Waals surface area contributed by atoms with Crippen LogP contribution in [0.3, 0.4) is 0 Å². The average molecular weight is 449 g/mol. The molecule has 1 saturated heterocycles. The molecule has 0 saturated carbocycles. The number of amidine groups is 1. The standard InChI is InChI=1S/C19H17BrN2O4S/c1-24-13-6-4-12(5-7-13)21-19-22-18(23)17(27-19)9-11-8-14(20)16(26-3)10-15(11)25-2/h4-10H,1-3H3,(H,21,22,23)/b17-9+. The zero-order chi connectivity index (χ0) is 19.4. The van der Waals surface area contributed by atoms with Gasteiger partial charge in [-0.3, -0.25) is 4.79 Å². The lowest BCUT2D eigenvalue weighted by atomic mass is 10.1. The lowest BCUT2D eigenvalue weighted by molar-refractivity contribution is -0.115. The van der Waals surface area contributed by atoms with Gasteiger partial charge < -0.3 is 19.5 Å². The minimum atomic E-state index is -0.207. The number of hydrogen-bond acceptors (Lipinski definition) is 6. The molecule has 8 heteroatoms. The van der Waals surface area contributed by atoms with Gasteiger partial charge in [0.1, 0.15) is 17.2 Å². The minimum Gasteiger partial charge on any atom is -0.497 e. The van der Waals surface area contributed by atoms with Crippen LogP contribution < -0.4 is 19.5 Å². The maximum absolute atomic E-state index is 12.3. The summed E-state index contributed by atoms with van der Waals surface area (Å²) in [5, 5.41) is 3.29. The van der Waals surface area contributed by atoms with Crippen molar-refractivity contribution in [3.63, 3.8) is 0 Å². The normalized spacial score (nSPS) is 16.5. The number of carbonyl (C=O) groups excluding carboxylic acids is 1. The second kappa shape index (κ2) is 8.49. The van der Waals surface area contributed by atoms with E-state index in [1.807, 2.05) is 30.3 Å². The predicted octanol–water partition coefficient (Wildman–Crippen LogP) is 4.37. The largest absolute Gasteiger partial charge is 0.497 e. The van der Waals surface area contributed by atoms with Gasteiger partial charge in [0.15, 0.2) is 5.17 Å². The van der Waals surface area contributed by atoms with Crippen molar-refractivity contribution in [1.29, 1.82) is 0 Å². The fourth-order valence-corrected chi connectivity index (χ4v) is 3.75. The molecular weight excluding hydrogens is 432 g/mol. The van der Waals surface area contributed by atoms with Crippen LogP contribution in [0.5, 0.6) is 17.2 Å². The molecule has 0 bridgehead atoms. The summed E-state index contributed by atoms with van der Waals surface area (Å²) in [6.07, 6.45) is 1.76. The van der Waals surface area contributed by atoms with Gasteiger partial charge in [-0.1, -0.05) is 0 Å². The lowest BCUT2D eigenvalue weighted by Crippen LogP contribution is -2.19. The number of halogens is 1. The summed E-state index contributed by atoms with van der Waals surface area (Å²) in [5.74, 6) is 1.80. The smallest absolute Gasteiger partial charge is 0.264 e. The van der Waals surface area contributed by atoms with Gasteiger partial charge in [-0.25, -0.2) is 4.99 Å². The summed E-state index contributed by atoms with van der Waals surface area (Å²) < 4.78 is 16.6. The van der Waals surface area contributed by atoms with Gasteiger partial charge in [-0.15, -0.1) is 0 Å². The van der Waals surface area contributed by atoms with Crippen molar-refractivity contribution < 1.29 is 19.0 Å². The molecule has 0 unspecified atom stereocenters. The molecule has 0 aromatic heterocycles. The van der Waals surface area contributed by atoms with Crippen molar-refractivity contribution in [2.45, 2.75) is 0 Å². The highest BCUT2D eigenvalue weighted by molar-refractivity contribution is 9.10. The number of hydrogen-bond donors (Lipinski definition) is 1. The molecule has 27 heavy (non-hydrogen) atoms. The Hall–Kier alpha value is -2.45. The Morgan fingerprint density at radius 3 is 2.37 bits per heavy atom.